The van der Waals surface area contributed by atoms with Crippen molar-refractivity contribution in [2.24, 2.45) is 5.73 Å². The van der Waals surface area contributed by atoms with Gasteiger partial charge in [0.2, 0.25) is 11.9 Å². The molecule has 0 unspecified atom stereocenters. The van der Waals surface area contributed by atoms with Gasteiger partial charge >= 0.3 is 5.97 Å². The molecule has 2 amide bonds. The number of carbonyl (C=O) groups excluding carboxylic acids is 3. The van der Waals surface area contributed by atoms with E-state index in [1.807, 2.05) is 30.6 Å². The minimum absolute atomic E-state index is 0.244. The summed E-state index contributed by atoms with van der Waals surface area (Å²) >= 11 is 3.44. The van der Waals surface area contributed by atoms with Crippen LogP contribution in [0.5, 0.6) is 5.75 Å². The third kappa shape index (κ3) is 8.82. The summed E-state index contributed by atoms with van der Waals surface area (Å²) < 4.78 is 20.5. The second-order valence-electron chi connectivity index (χ2n) is 11.2. The van der Waals surface area contributed by atoms with Crippen molar-refractivity contribution in [1.29, 1.82) is 0 Å². The highest BCUT2D eigenvalue weighted by atomic mass is 79.9. The zero-order valence-corrected chi connectivity index (χ0v) is 29.3. The fraction of sp³-hybridized carbons (Fsp3) is 0.394. The predicted molar refractivity (Wildman–Crippen MR) is 187 cm³/mol. The summed E-state index contributed by atoms with van der Waals surface area (Å²) in [5.41, 5.74) is 8.42. The Hall–Kier alpha value is -4.80. The number of allylic oxidation sites excluding steroid dienone is 1. The number of carbonyl (C=O) groups is 3. The average Bonchev–Trinajstić information content (AvgIpc) is 3.66. The van der Waals surface area contributed by atoms with Crippen molar-refractivity contribution in [2.45, 2.75) is 33.4 Å². The van der Waals surface area contributed by atoms with Crippen LogP contribution in [0.3, 0.4) is 0 Å². The lowest BCUT2D eigenvalue weighted by Gasteiger charge is -2.26. The van der Waals surface area contributed by atoms with Crippen LogP contribution >= 0.6 is 15.9 Å². The van der Waals surface area contributed by atoms with Gasteiger partial charge in [-0.1, -0.05) is 12.2 Å². The van der Waals surface area contributed by atoms with Gasteiger partial charge in [0.1, 0.15) is 22.8 Å². The van der Waals surface area contributed by atoms with Crippen LogP contribution < -0.4 is 21.1 Å². The Labute approximate surface area is 291 Å². The maximum Gasteiger partial charge on any atom is 0.339 e. The largest absolute Gasteiger partial charge is 0.491 e. The molecule has 1 aliphatic heterocycles. The van der Waals surface area contributed by atoms with Gasteiger partial charge in [-0.2, -0.15) is 5.10 Å². The first-order chi connectivity index (χ1) is 23.7. The van der Waals surface area contributed by atoms with Crippen LogP contribution in [-0.2, 0) is 22.6 Å². The van der Waals surface area contributed by atoms with Crippen LogP contribution in [0.15, 0.2) is 47.1 Å². The molecule has 0 bridgehead atoms. The quantitative estimate of drug-likeness (QED) is 0.0921. The molecule has 1 fully saturated rings. The third-order valence-electron chi connectivity index (χ3n) is 7.84. The normalized spacial score (nSPS) is 13.6. The van der Waals surface area contributed by atoms with E-state index in [1.54, 1.807) is 28.9 Å². The first-order valence-electron chi connectivity index (χ1n) is 15.9. The Morgan fingerprint density at radius 2 is 1.92 bits per heavy atom. The monoisotopic (exact) mass is 737 g/mol. The molecule has 1 saturated heterocycles. The second-order valence-corrected chi connectivity index (χ2v) is 12.1. The molecule has 0 saturated carbocycles. The van der Waals surface area contributed by atoms with Gasteiger partial charge in [-0.3, -0.25) is 24.5 Å². The molecule has 4 N–H and O–H groups in total. The number of methoxy groups -OCH3 is 1. The number of hydrogen-bond donors (Lipinski definition) is 3. The van der Waals surface area contributed by atoms with Gasteiger partial charge in [0, 0.05) is 51.0 Å². The maximum atomic E-state index is 13.5. The zero-order chi connectivity index (χ0) is 34.9. The van der Waals surface area contributed by atoms with Crippen molar-refractivity contribution in [3.05, 3.63) is 69.6 Å². The highest BCUT2D eigenvalue weighted by Gasteiger charge is 2.22. The number of halogens is 1. The molecule has 3 aromatic heterocycles. The van der Waals surface area contributed by atoms with E-state index in [-0.39, 0.29) is 17.4 Å². The Bertz CT molecular complexity index is 1850. The summed E-state index contributed by atoms with van der Waals surface area (Å²) in [5, 5.41) is 10.5. The molecule has 1 aromatic carbocycles. The Kier molecular flexibility index (Phi) is 12.0. The number of aryl methyl sites for hydroxylation is 2. The number of nitrogens with zero attached hydrogens (tertiary/aromatic N) is 6. The van der Waals surface area contributed by atoms with Crippen LogP contribution in [0.2, 0.25) is 0 Å². The highest BCUT2D eigenvalue weighted by molar-refractivity contribution is 9.10. The Balaban J connectivity index is 1.40. The predicted octanol–water partition coefficient (Wildman–Crippen LogP) is 3.63. The van der Waals surface area contributed by atoms with Crippen molar-refractivity contribution < 1.29 is 28.6 Å². The van der Waals surface area contributed by atoms with Crippen molar-refractivity contribution in [3.8, 4) is 5.75 Å². The number of primary amides is 1. The number of aromatic nitrogens is 5. The summed E-state index contributed by atoms with van der Waals surface area (Å²) in [6.45, 7) is 9.38. The van der Waals surface area contributed by atoms with E-state index < -0.39 is 11.9 Å². The van der Waals surface area contributed by atoms with Crippen molar-refractivity contribution in [2.75, 3.05) is 63.7 Å². The molecule has 0 spiro atoms. The molecule has 16 heteroatoms. The molecular weight excluding hydrogens is 698 g/mol. The van der Waals surface area contributed by atoms with Crippen molar-refractivity contribution in [1.82, 2.24) is 29.2 Å². The molecule has 0 radical (unpaired) electrons. The summed E-state index contributed by atoms with van der Waals surface area (Å²) in [5.74, 6) is -0.226. The number of anilines is 2. The minimum atomic E-state index is -0.618. The van der Waals surface area contributed by atoms with Gasteiger partial charge in [-0.25, -0.2) is 14.8 Å². The van der Waals surface area contributed by atoms with Crippen LogP contribution in [0.1, 0.15) is 50.2 Å². The lowest BCUT2D eigenvalue weighted by Crippen LogP contribution is -2.37. The van der Waals surface area contributed by atoms with Crippen LogP contribution in [0.4, 0.5) is 11.8 Å². The van der Waals surface area contributed by atoms with E-state index in [0.717, 1.165) is 31.7 Å². The molecule has 0 atom stereocenters. The van der Waals surface area contributed by atoms with E-state index in [1.165, 1.54) is 13.3 Å². The number of morpholine rings is 1. The molecule has 1 aliphatic rings. The van der Waals surface area contributed by atoms with Crippen LogP contribution in [-0.4, -0.2) is 100 Å². The number of amides is 2. The molecule has 5 rings (SSSR count). The van der Waals surface area contributed by atoms with E-state index in [4.69, 9.17) is 24.9 Å². The van der Waals surface area contributed by atoms with Crippen LogP contribution in [0, 0.1) is 6.92 Å². The van der Waals surface area contributed by atoms with E-state index >= 15 is 0 Å². The van der Waals surface area contributed by atoms with Crippen molar-refractivity contribution in [3.63, 3.8) is 0 Å². The fourth-order valence-electron chi connectivity index (χ4n) is 5.40. The smallest absolute Gasteiger partial charge is 0.339 e. The number of fused-ring (bicyclic) bond motifs is 1. The molecule has 49 heavy (non-hydrogen) atoms. The first kappa shape index (κ1) is 35.5. The number of nitrogens with one attached hydrogen (secondary N) is 2. The number of benzene rings is 1. The number of pyridine rings is 1. The summed E-state index contributed by atoms with van der Waals surface area (Å²) in [6.07, 6.45) is 6.00. The highest BCUT2D eigenvalue weighted by Crippen LogP contribution is 2.31. The molecule has 4 aromatic rings. The Morgan fingerprint density at radius 3 is 2.63 bits per heavy atom. The number of hydrogen-bond acceptors (Lipinski definition) is 11. The molecule has 260 valence electrons. The molecule has 4 heterocycles. The fourth-order valence-corrected chi connectivity index (χ4v) is 5.89. The SMILES string of the molecule is CCn1nc(C)cc1C(=O)Nc1nc2cc(C(N)=O)cc(OCCCN3CCOCC3)c2n1C/C=C/CNc1ncc(C(=O)OC)cc1Br. The Morgan fingerprint density at radius 1 is 1.12 bits per heavy atom. The average molecular weight is 739 g/mol. The van der Waals surface area contributed by atoms with Gasteiger partial charge in [-0.05, 0) is 60.5 Å². The summed E-state index contributed by atoms with van der Waals surface area (Å²) in [4.78, 5) is 49.0. The first-order valence-corrected chi connectivity index (χ1v) is 16.7. The lowest BCUT2D eigenvalue weighted by atomic mass is 10.1. The van der Waals surface area contributed by atoms with E-state index in [2.05, 4.69) is 41.5 Å². The van der Waals surface area contributed by atoms with Gasteiger partial charge in [0.25, 0.3) is 5.91 Å². The summed E-state index contributed by atoms with van der Waals surface area (Å²) in [7, 11) is 1.31. The van der Waals surface area contributed by atoms with E-state index in [0.29, 0.717) is 77.8 Å². The second kappa shape index (κ2) is 16.5. The topological polar surface area (TPSA) is 181 Å². The van der Waals surface area contributed by atoms with Gasteiger partial charge < -0.3 is 29.8 Å². The van der Waals surface area contributed by atoms with Crippen molar-refractivity contribution >= 4 is 56.5 Å². The minimum Gasteiger partial charge on any atom is -0.491 e. The number of esters is 1. The van der Waals surface area contributed by atoms with E-state index in [9.17, 15) is 14.4 Å². The van der Waals surface area contributed by atoms with Gasteiger partial charge in [0.15, 0.2) is 0 Å². The molecule has 0 aliphatic carbocycles. The van der Waals surface area contributed by atoms with Gasteiger partial charge in [0.05, 0.1) is 48.2 Å². The maximum absolute atomic E-state index is 13.5. The standard InChI is InChI=1S/C33H40BrN9O6/c1-4-43-26(16-21(2)40-43)31(45)39-33-38-25-18-22(29(35)44)19-27(49-13-7-9-41-11-14-48-15-12-41)28(25)42(33)10-6-5-8-36-30-24(34)17-23(20-37-30)32(46)47-3/h5-6,16-20H,4,7-15H2,1-3H3,(H2,35,44)(H,36,37)(H,38,39,45)/b6-5+. The number of nitrogens with two attached hydrogens (primary N) is 1. The number of rotatable bonds is 15. The summed E-state index contributed by atoms with van der Waals surface area (Å²) in [6, 6.07) is 6.56. The zero-order valence-electron chi connectivity index (χ0n) is 27.7. The number of ether oxygens (including phenoxy) is 3. The lowest BCUT2D eigenvalue weighted by molar-refractivity contribution is 0.0358. The van der Waals surface area contributed by atoms with Crippen LogP contribution in [0.25, 0.3) is 11.0 Å². The third-order valence-corrected chi connectivity index (χ3v) is 8.44. The van der Waals surface area contributed by atoms with Gasteiger partial charge in [-0.15, -0.1) is 0 Å². The molecule has 15 nitrogen and oxygen atoms in total. The molecular formula is C33H40BrN9O6. The number of imidazole rings is 1.